The summed E-state index contributed by atoms with van der Waals surface area (Å²) in [5.74, 6) is 1.18. The first-order valence-electron chi connectivity index (χ1n) is 3.99. The summed E-state index contributed by atoms with van der Waals surface area (Å²) in [4.78, 5) is 4.29. The van der Waals surface area contributed by atoms with E-state index in [0.29, 0.717) is 0 Å². The maximum atomic E-state index is 4.29. The van der Waals surface area contributed by atoms with Gasteiger partial charge in [0.1, 0.15) is 10.4 Å². The minimum absolute atomic E-state index is 0.996. The van der Waals surface area contributed by atoms with Gasteiger partial charge in [-0.15, -0.1) is 0 Å². The van der Waals surface area contributed by atoms with Crippen LogP contribution in [0.15, 0.2) is 10.8 Å². The van der Waals surface area contributed by atoms with Crippen molar-refractivity contribution in [2.24, 2.45) is 0 Å². The largest absolute Gasteiger partial charge is 0.323 e. The van der Waals surface area contributed by atoms with Gasteiger partial charge in [0.15, 0.2) is 0 Å². The smallest absolute Gasteiger partial charge is 0.109 e. The van der Waals surface area contributed by atoms with Gasteiger partial charge in [-0.25, -0.2) is 4.98 Å². The molecule has 0 aliphatic carbocycles. The summed E-state index contributed by atoms with van der Waals surface area (Å²) in [5.41, 5.74) is 0. The van der Waals surface area contributed by atoms with E-state index < -0.39 is 0 Å². The first-order valence-corrected chi connectivity index (χ1v) is 4.78. The molecule has 0 amide bonds. The maximum Gasteiger partial charge on any atom is 0.109 e. The number of imidazole rings is 1. The van der Waals surface area contributed by atoms with Crippen molar-refractivity contribution in [3.05, 3.63) is 16.6 Å². The number of aromatic nitrogens is 2. The van der Waals surface area contributed by atoms with E-state index in [0.717, 1.165) is 24.0 Å². The van der Waals surface area contributed by atoms with Crippen molar-refractivity contribution >= 4 is 15.9 Å². The van der Waals surface area contributed by atoms with E-state index in [1.807, 2.05) is 6.20 Å². The maximum absolute atomic E-state index is 4.29. The van der Waals surface area contributed by atoms with E-state index >= 15 is 0 Å². The lowest BCUT2D eigenvalue weighted by atomic mass is 10.3. The lowest BCUT2D eigenvalue weighted by Gasteiger charge is -2.03. The monoisotopic (exact) mass is 216 g/mol. The lowest BCUT2D eigenvalue weighted by molar-refractivity contribution is 0.673. The van der Waals surface area contributed by atoms with Crippen molar-refractivity contribution < 1.29 is 0 Å². The Balaban J connectivity index is 2.86. The average Bonchev–Trinajstić information content (AvgIpc) is 2.33. The summed E-state index contributed by atoms with van der Waals surface area (Å²) in [6.45, 7) is 5.30. The van der Waals surface area contributed by atoms with Crippen molar-refractivity contribution in [2.45, 2.75) is 33.2 Å². The SMILES string of the molecule is CCCc1ncc(Br)n1CC. The number of hydrogen-bond donors (Lipinski definition) is 0. The van der Waals surface area contributed by atoms with Gasteiger partial charge in [-0.2, -0.15) is 0 Å². The molecule has 0 atom stereocenters. The Morgan fingerprint density at radius 3 is 2.82 bits per heavy atom. The van der Waals surface area contributed by atoms with Crippen LogP contribution in [0, 0.1) is 0 Å². The first kappa shape index (κ1) is 8.78. The number of hydrogen-bond acceptors (Lipinski definition) is 1. The van der Waals surface area contributed by atoms with Gasteiger partial charge >= 0.3 is 0 Å². The third-order valence-corrected chi connectivity index (χ3v) is 2.31. The predicted molar refractivity (Wildman–Crippen MR) is 49.6 cm³/mol. The third kappa shape index (κ3) is 1.83. The lowest BCUT2D eigenvalue weighted by Crippen LogP contribution is -2.01. The normalized spacial score (nSPS) is 10.5. The van der Waals surface area contributed by atoms with Gasteiger partial charge in [0.05, 0.1) is 6.20 Å². The Morgan fingerprint density at radius 1 is 1.55 bits per heavy atom. The fourth-order valence-corrected chi connectivity index (χ4v) is 1.70. The minimum Gasteiger partial charge on any atom is -0.323 e. The standard InChI is InChI=1S/C8H13BrN2/c1-3-5-8-10-6-7(9)11(8)4-2/h6H,3-5H2,1-2H3. The van der Waals surface area contributed by atoms with Crippen molar-refractivity contribution in [3.8, 4) is 0 Å². The molecular weight excluding hydrogens is 204 g/mol. The summed E-state index contributed by atoms with van der Waals surface area (Å²) < 4.78 is 3.27. The number of halogens is 1. The van der Waals surface area contributed by atoms with Crippen molar-refractivity contribution in [1.29, 1.82) is 0 Å². The number of aryl methyl sites for hydroxylation is 1. The molecule has 0 N–H and O–H groups in total. The molecular formula is C8H13BrN2. The summed E-state index contributed by atoms with van der Waals surface area (Å²) >= 11 is 3.45. The van der Waals surface area contributed by atoms with Crippen LogP contribution in [-0.2, 0) is 13.0 Å². The Labute approximate surface area is 75.8 Å². The molecule has 0 aliphatic heterocycles. The second-order valence-electron chi connectivity index (χ2n) is 2.49. The molecule has 1 aromatic rings. The Morgan fingerprint density at radius 2 is 2.27 bits per heavy atom. The molecule has 11 heavy (non-hydrogen) atoms. The van der Waals surface area contributed by atoms with E-state index in [-0.39, 0.29) is 0 Å². The zero-order chi connectivity index (χ0) is 8.27. The molecule has 0 spiro atoms. The number of nitrogens with zero attached hydrogens (tertiary/aromatic N) is 2. The molecule has 1 aromatic heterocycles. The highest BCUT2D eigenvalue weighted by Crippen LogP contribution is 2.13. The van der Waals surface area contributed by atoms with Crippen LogP contribution in [0.5, 0.6) is 0 Å². The van der Waals surface area contributed by atoms with E-state index in [4.69, 9.17) is 0 Å². The Hall–Kier alpha value is -0.310. The van der Waals surface area contributed by atoms with Gasteiger partial charge in [-0.05, 0) is 29.3 Å². The van der Waals surface area contributed by atoms with E-state index in [1.165, 1.54) is 5.82 Å². The zero-order valence-electron chi connectivity index (χ0n) is 6.97. The van der Waals surface area contributed by atoms with Crippen LogP contribution in [0.4, 0.5) is 0 Å². The van der Waals surface area contributed by atoms with Gasteiger partial charge < -0.3 is 4.57 Å². The van der Waals surface area contributed by atoms with Crippen molar-refractivity contribution in [3.63, 3.8) is 0 Å². The van der Waals surface area contributed by atoms with Gasteiger partial charge in [0.25, 0.3) is 0 Å². The highest BCUT2D eigenvalue weighted by atomic mass is 79.9. The molecule has 1 heterocycles. The predicted octanol–water partition coefficient (Wildman–Crippen LogP) is 2.62. The molecule has 0 radical (unpaired) electrons. The van der Waals surface area contributed by atoms with Gasteiger partial charge in [-0.1, -0.05) is 6.92 Å². The van der Waals surface area contributed by atoms with Crippen LogP contribution in [0.2, 0.25) is 0 Å². The molecule has 0 fully saturated rings. The average molecular weight is 217 g/mol. The quantitative estimate of drug-likeness (QED) is 0.760. The zero-order valence-corrected chi connectivity index (χ0v) is 8.56. The molecule has 0 bridgehead atoms. The van der Waals surface area contributed by atoms with Crippen LogP contribution in [0.1, 0.15) is 26.1 Å². The van der Waals surface area contributed by atoms with Crippen LogP contribution >= 0.6 is 15.9 Å². The highest BCUT2D eigenvalue weighted by Gasteiger charge is 2.03. The van der Waals surface area contributed by atoms with Crippen LogP contribution < -0.4 is 0 Å². The van der Waals surface area contributed by atoms with Crippen LogP contribution in [-0.4, -0.2) is 9.55 Å². The van der Waals surface area contributed by atoms with Gasteiger partial charge in [0.2, 0.25) is 0 Å². The van der Waals surface area contributed by atoms with E-state index in [9.17, 15) is 0 Å². The molecule has 2 nitrogen and oxygen atoms in total. The summed E-state index contributed by atoms with van der Waals surface area (Å²) in [5, 5.41) is 0. The molecule has 0 unspecified atom stereocenters. The molecule has 0 aliphatic rings. The summed E-state index contributed by atoms with van der Waals surface area (Å²) in [7, 11) is 0. The fourth-order valence-electron chi connectivity index (χ4n) is 1.15. The third-order valence-electron chi connectivity index (χ3n) is 1.68. The van der Waals surface area contributed by atoms with Crippen LogP contribution in [0.3, 0.4) is 0 Å². The second-order valence-corrected chi connectivity index (χ2v) is 3.30. The Kier molecular flexibility index (Phi) is 3.12. The van der Waals surface area contributed by atoms with Crippen molar-refractivity contribution in [2.75, 3.05) is 0 Å². The highest BCUT2D eigenvalue weighted by molar-refractivity contribution is 9.10. The molecule has 3 heteroatoms. The number of rotatable bonds is 3. The minimum atomic E-state index is 0.996. The molecule has 1 rings (SSSR count). The molecule has 0 saturated heterocycles. The van der Waals surface area contributed by atoms with E-state index in [1.54, 1.807) is 0 Å². The Bertz CT molecular complexity index is 230. The van der Waals surface area contributed by atoms with Crippen LogP contribution in [0.25, 0.3) is 0 Å². The molecule has 62 valence electrons. The van der Waals surface area contributed by atoms with E-state index in [2.05, 4.69) is 39.3 Å². The molecule has 0 aromatic carbocycles. The fraction of sp³-hybridized carbons (Fsp3) is 0.625. The summed E-state index contributed by atoms with van der Waals surface area (Å²) in [6, 6.07) is 0. The second kappa shape index (κ2) is 3.90. The van der Waals surface area contributed by atoms with Gasteiger partial charge in [-0.3, -0.25) is 0 Å². The first-order chi connectivity index (χ1) is 5.29. The summed E-state index contributed by atoms with van der Waals surface area (Å²) in [6.07, 6.45) is 4.09. The van der Waals surface area contributed by atoms with Crippen molar-refractivity contribution in [1.82, 2.24) is 9.55 Å². The molecule has 0 saturated carbocycles. The topological polar surface area (TPSA) is 17.8 Å². The van der Waals surface area contributed by atoms with Gasteiger partial charge in [0, 0.05) is 13.0 Å².